The lowest BCUT2D eigenvalue weighted by Gasteiger charge is -2.16. The molecule has 10 nitrogen and oxygen atoms in total. The fourth-order valence-electron chi connectivity index (χ4n) is 3.01. The highest BCUT2D eigenvalue weighted by Gasteiger charge is 2.23. The van der Waals surface area contributed by atoms with Crippen LogP contribution in [-0.2, 0) is 11.3 Å². The normalized spacial score (nSPS) is 16.2. The fraction of sp³-hybridized carbons (Fsp3) is 0.333. The summed E-state index contributed by atoms with van der Waals surface area (Å²) in [5, 5.41) is 38.4. The van der Waals surface area contributed by atoms with Crippen molar-refractivity contribution < 1.29 is 14.8 Å². The van der Waals surface area contributed by atoms with Gasteiger partial charge >= 0.3 is 0 Å². The van der Waals surface area contributed by atoms with Crippen LogP contribution in [0.25, 0.3) is 0 Å². The molecular weight excluding hydrogens is 402 g/mol. The van der Waals surface area contributed by atoms with Crippen LogP contribution in [0, 0.1) is 28.4 Å². The molecular formula is C18H16ClN5O5. The van der Waals surface area contributed by atoms with Gasteiger partial charge in [-0.2, -0.15) is 5.26 Å². The van der Waals surface area contributed by atoms with Crippen LogP contribution < -0.4 is 5.56 Å². The summed E-state index contributed by atoms with van der Waals surface area (Å²) < 4.78 is 6.55. The predicted molar refractivity (Wildman–Crippen MR) is 103 cm³/mol. The van der Waals surface area contributed by atoms with Gasteiger partial charge in [-0.1, -0.05) is 11.6 Å². The molecule has 1 saturated heterocycles. The van der Waals surface area contributed by atoms with Gasteiger partial charge in [0.25, 0.3) is 11.2 Å². The van der Waals surface area contributed by atoms with Crippen LogP contribution in [0.4, 0.5) is 17.1 Å². The van der Waals surface area contributed by atoms with Crippen molar-refractivity contribution in [2.75, 3.05) is 6.61 Å². The molecule has 0 spiro atoms. The zero-order valence-electron chi connectivity index (χ0n) is 15.3. The number of rotatable bonds is 5. The third-order valence-corrected chi connectivity index (χ3v) is 4.88. The Morgan fingerprint density at radius 2 is 2.24 bits per heavy atom. The highest BCUT2D eigenvalue weighted by Crippen LogP contribution is 2.32. The van der Waals surface area contributed by atoms with Crippen LogP contribution in [0.15, 0.2) is 33.2 Å². The maximum absolute atomic E-state index is 12.9. The summed E-state index contributed by atoms with van der Waals surface area (Å²) in [5.41, 5.74) is -0.774. The van der Waals surface area contributed by atoms with E-state index >= 15 is 0 Å². The molecule has 0 saturated carbocycles. The number of benzene rings is 1. The van der Waals surface area contributed by atoms with E-state index in [2.05, 4.69) is 10.2 Å². The number of ether oxygens (including phenoxy) is 1. The topological polar surface area (TPSA) is 143 Å². The highest BCUT2D eigenvalue weighted by atomic mass is 35.5. The van der Waals surface area contributed by atoms with Crippen molar-refractivity contribution in [3.05, 3.63) is 54.8 Å². The highest BCUT2D eigenvalue weighted by molar-refractivity contribution is 6.33. The van der Waals surface area contributed by atoms with E-state index in [0.717, 1.165) is 23.5 Å². The van der Waals surface area contributed by atoms with Gasteiger partial charge in [0, 0.05) is 24.3 Å². The minimum absolute atomic E-state index is 0.0143. The second-order valence-corrected chi connectivity index (χ2v) is 6.83. The van der Waals surface area contributed by atoms with Gasteiger partial charge in [0.1, 0.15) is 17.3 Å². The molecule has 0 radical (unpaired) electrons. The van der Waals surface area contributed by atoms with E-state index in [9.17, 15) is 25.3 Å². The van der Waals surface area contributed by atoms with E-state index in [1.807, 2.05) is 6.07 Å². The van der Waals surface area contributed by atoms with Gasteiger partial charge in [-0.15, -0.1) is 10.2 Å². The average Bonchev–Trinajstić information content (AvgIpc) is 3.19. The number of azo groups is 1. The number of nitrogens with zero attached hydrogens (tertiary/aromatic N) is 5. The Kier molecular flexibility index (Phi) is 5.91. The zero-order chi connectivity index (χ0) is 21.1. The standard InChI is InChI=1S/C18H16ClN5O5/c1-10-13(8-20)17(25)23(9-12-3-2-6-29-12)18(26)16(10)22-21-15-5-4-11(24(27)28)7-14(15)19/h4-5,7,12,25H,2-3,6,9H2,1H3. The largest absolute Gasteiger partial charge is 0.493 e. The molecule has 1 aliphatic rings. The summed E-state index contributed by atoms with van der Waals surface area (Å²) in [7, 11) is 0. The molecule has 0 amide bonds. The monoisotopic (exact) mass is 417 g/mol. The van der Waals surface area contributed by atoms with E-state index in [1.54, 1.807) is 0 Å². The number of non-ortho nitro benzene ring substituents is 1. The number of halogens is 1. The number of hydrogen-bond acceptors (Lipinski definition) is 8. The molecule has 150 valence electrons. The molecule has 3 rings (SSSR count). The van der Waals surface area contributed by atoms with Gasteiger partial charge in [-0.25, -0.2) is 0 Å². The summed E-state index contributed by atoms with van der Waals surface area (Å²) in [4.78, 5) is 23.1. The lowest BCUT2D eigenvalue weighted by atomic mass is 10.1. The number of hydrogen-bond donors (Lipinski definition) is 1. The minimum atomic E-state index is -0.628. The van der Waals surface area contributed by atoms with Crippen LogP contribution in [0.2, 0.25) is 5.02 Å². The van der Waals surface area contributed by atoms with Crippen LogP contribution in [0.5, 0.6) is 5.88 Å². The van der Waals surface area contributed by atoms with Gasteiger partial charge in [-0.3, -0.25) is 19.5 Å². The number of nitro benzene ring substituents is 1. The molecule has 2 aromatic rings. The molecule has 1 aromatic carbocycles. The smallest absolute Gasteiger partial charge is 0.281 e. The summed E-state index contributed by atoms with van der Waals surface area (Å²) in [6.07, 6.45) is 1.33. The fourth-order valence-corrected chi connectivity index (χ4v) is 3.23. The Morgan fingerprint density at radius 3 is 2.83 bits per heavy atom. The molecule has 1 aliphatic heterocycles. The molecule has 1 unspecified atom stereocenters. The molecule has 1 N–H and O–H groups in total. The lowest BCUT2D eigenvalue weighted by molar-refractivity contribution is -0.384. The van der Waals surface area contributed by atoms with E-state index in [1.165, 1.54) is 19.1 Å². The van der Waals surface area contributed by atoms with Crippen molar-refractivity contribution in [2.24, 2.45) is 10.2 Å². The molecule has 0 bridgehead atoms. The van der Waals surface area contributed by atoms with E-state index < -0.39 is 16.4 Å². The first kappa shape index (κ1) is 20.4. The number of nitriles is 1. The molecule has 0 aliphatic carbocycles. The molecule has 1 aromatic heterocycles. The molecule has 2 heterocycles. The van der Waals surface area contributed by atoms with Crippen molar-refractivity contribution in [1.29, 1.82) is 5.26 Å². The van der Waals surface area contributed by atoms with E-state index in [0.29, 0.717) is 6.61 Å². The van der Waals surface area contributed by atoms with Crippen molar-refractivity contribution in [3.63, 3.8) is 0 Å². The Bertz CT molecular complexity index is 1100. The van der Waals surface area contributed by atoms with E-state index in [-0.39, 0.29) is 45.9 Å². The van der Waals surface area contributed by atoms with E-state index in [4.69, 9.17) is 16.3 Å². The number of aromatic nitrogens is 1. The van der Waals surface area contributed by atoms with Crippen molar-refractivity contribution >= 4 is 28.7 Å². The Balaban J connectivity index is 2.04. The summed E-state index contributed by atoms with van der Waals surface area (Å²) in [6, 6.07) is 5.50. The number of aromatic hydroxyl groups is 1. The van der Waals surface area contributed by atoms with Gasteiger partial charge in [0.15, 0.2) is 5.69 Å². The molecule has 1 atom stereocenters. The summed E-state index contributed by atoms with van der Waals surface area (Å²) in [6.45, 7) is 2.13. The Morgan fingerprint density at radius 1 is 1.48 bits per heavy atom. The average molecular weight is 418 g/mol. The van der Waals surface area contributed by atoms with Crippen LogP contribution in [-0.4, -0.2) is 27.3 Å². The van der Waals surface area contributed by atoms with Gasteiger partial charge < -0.3 is 9.84 Å². The van der Waals surface area contributed by atoms with Crippen LogP contribution in [0.3, 0.4) is 0 Å². The predicted octanol–water partition coefficient (Wildman–Crippen LogP) is 3.89. The first-order chi connectivity index (χ1) is 13.8. The van der Waals surface area contributed by atoms with Gasteiger partial charge in [-0.05, 0) is 25.8 Å². The summed E-state index contributed by atoms with van der Waals surface area (Å²) >= 11 is 6.00. The van der Waals surface area contributed by atoms with Gasteiger partial charge in [0.2, 0.25) is 5.88 Å². The third kappa shape index (κ3) is 4.11. The second-order valence-electron chi connectivity index (χ2n) is 6.43. The van der Waals surface area contributed by atoms with Crippen LogP contribution >= 0.6 is 11.6 Å². The van der Waals surface area contributed by atoms with Crippen LogP contribution in [0.1, 0.15) is 24.0 Å². The SMILES string of the molecule is Cc1c(C#N)c(O)n(CC2CCCO2)c(=O)c1N=Nc1ccc([N+](=O)[O-])cc1Cl. The Hall–Kier alpha value is -3.29. The first-order valence-corrected chi connectivity index (χ1v) is 9.05. The first-order valence-electron chi connectivity index (χ1n) is 8.67. The second kappa shape index (κ2) is 8.38. The number of nitro groups is 1. The minimum Gasteiger partial charge on any atom is -0.493 e. The molecule has 29 heavy (non-hydrogen) atoms. The molecule has 11 heteroatoms. The maximum atomic E-state index is 12.9. The quantitative estimate of drug-likeness (QED) is 0.444. The lowest BCUT2D eigenvalue weighted by Crippen LogP contribution is -2.27. The van der Waals surface area contributed by atoms with Crippen molar-refractivity contribution in [1.82, 2.24) is 4.57 Å². The van der Waals surface area contributed by atoms with Crippen molar-refractivity contribution in [3.8, 4) is 11.9 Å². The third-order valence-electron chi connectivity index (χ3n) is 4.58. The zero-order valence-corrected chi connectivity index (χ0v) is 16.1. The maximum Gasteiger partial charge on any atom is 0.281 e. The molecule has 1 fully saturated rings. The Labute approximate surface area is 169 Å². The van der Waals surface area contributed by atoms with Gasteiger partial charge in [0.05, 0.1) is 22.6 Å². The number of pyridine rings is 1. The van der Waals surface area contributed by atoms with Crippen molar-refractivity contribution in [2.45, 2.75) is 32.4 Å². The summed E-state index contributed by atoms with van der Waals surface area (Å²) in [5.74, 6) is -0.446.